The van der Waals surface area contributed by atoms with Gasteiger partial charge in [0.05, 0.1) is 0 Å². The molecule has 4 heteroatoms. The van der Waals surface area contributed by atoms with E-state index in [4.69, 9.17) is 0 Å². The Morgan fingerprint density at radius 2 is 2.22 bits per heavy atom. The number of anilines is 2. The van der Waals surface area contributed by atoms with E-state index >= 15 is 0 Å². The molecule has 2 heterocycles. The molecule has 1 atom stereocenters. The van der Waals surface area contributed by atoms with Crippen LogP contribution in [0.5, 0.6) is 0 Å². The van der Waals surface area contributed by atoms with E-state index in [9.17, 15) is 0 Å². The Balaban J connectivity index is 2.30. The van der Waals surface area contributed by atoms with E-state index in [1.54, 1.807) is 6.33 Å². The molecule has 0 aromatic carbocycles. The van der Waals surface area contributed by atoms with Crippen molar-refractivity contribution in [2.24, 2.45) is 5.92 Å². The molecule has 0 spiro atoms. The molecule has 1 aromatic rings. The topological polar surface area (TPSA) is 41.1 Å². The van der Waals surface area contributed by atoms with Crippen LogP contribution < -0.4 is 10.2 Å². The van der Waals surface area contributed by atoms with Gasteiger partial charge in [0.25, 0.3) is 0 Å². The molecule has 4 nitrogen and oxygen atoms in total. The largest absolute Gasteiger partial charge is 0.370 e. The van der Waals surface area contributed by atoms with Crippen molar-refractivity contribution in [3.05, 3.63) is 11.9 Å². The molecule has 0 aliphatic carbocycles. The Kier molecular flexibility index (Phi) is 4.04. The summed E-state index contributed by atoms with van der Waals surface area (Å²) < 4.78 is 0. The van der Waals surface area contributed by atoms with Crippen LogP contribution in [0.3, 0.4) is 0 Å². The second-order valence-electron chi connectivity index (χ2n) is 5.35. The molecule has 1 saturated heterocycles. The van der Waals surface area contributed by atoms with Gasteiger partial charge < -0.3 is 10.2 Å². The SMILES string of the molecule is CCNc1ncnc(N2CCCC2C(C)C)c1C. The van der Waals surface area contributed by atoms with Gasteiger partial charge in [-0.15, -0.1) is 0 Å². The minimum Gasteiger partial charge on any atom is -0.370 e. The second-order valence-corrected chi connectivity index (χ2v) is 5.35. The van der Waals surface area contributed by atoms with E-state index < -0.39 is 0 Å². The highest BCUT2D eigenvalue weighted by Crippen LogP contribution is 2.31. The third kappa shape index (κ3) is 2.42. The maximum atomic E-state index is 4.51. The Morgan fingerprint density at radius 3 is 2.89 bits per heavy atom. The highest BCUT2D eigenvalue weighted by atomic mass is 15.2. The van der Waals surface area contributed by atoms with Crippen LogP contribution in [0.4, 0.5) is 11.6 Å². The van der Waals surface area contributed by atoms with E-state index in [1.807, 2.05) is 0 Å². The standard InChI is InChI=1S/C14H24N4/c1-5-15-13-11(4)14(17-9-16-13)18-8-6-7-12(18)10(2)3/h9-10,12H,5-8H2,1-4H3,(H,15,16,17). The number of hydrogen-bond acceptors (Lipinski definition) is 4. The monoisotopic (exact) mass is 248 g/mol. The van der Waals surface area contributed by atoms with Crippen molar-refractivity contribution in [1.82, 2.24) is 9.97 Å². The first-order chi connectivity index (χ1) is 8.65. The van der Waals surface area contributed by atoms with Crippen LogP contribution in [-0.4, -0.2) is 29.1 Å². The Labute approximate surface area is 110 Å². The fraction of sp³-hybridized carbons (Fsp3) is 0.714. The average molecular weight is 248 g/mol. The zero-order valence-electron chi connectivity index (χ0n) is 11.9. The lowest BCUT2D eigenvalue weighted by atomic mass is 10.0. The van der Waals surface area contributed by atoms with Crippen molar-refractivity contribution in [3.8, 4) is 0 Å². The van der Waals surface area contributed by atoms with Crippen molar-refractivity contribution < 1.29 is 0 Å². The van der Waals surface area contributed by atoms with Gasteiger partial charge in [0.2, 0.25) is 0 Å². The normalized spacial score (nSPS) is 19.6. The molecule has 1 unspecified atom stereocenters. The zero-order chi connectivity index (χ0) is 13.1. The van der Waals surface area contributed by atoms with Gasteiger partial charge >= 0.3 is 0 Å². The summed E-state index contributed by atoms with van der Waals surface area (Å²) in [5.74, 6) is 2.75. The molecule has 1 N–H and O–H groups in total. The lowest BCUT2D eigenvalue weighted by molar-refractivity contribution is 0.489. The Hall–Kier alpha value is -1.32. The zero-order valence-corrected chi connectivity index (χ0v) is 11.9. The average Bonchev–Trinajstić information content (AvgIpc) is 2.81. The van der Waals surface area contributed by atoms with Crippen LogP contribution in [0, 0.1) is 12.8 Å². The van der Waals surface area contributed by atoms with E-state index in [0.717, 1.165) is 24.7 Å². The van der Waals surface area contributed by atoms with Crippen molar-refractivity contribution >= 4 is 11.6 Å². The predicted molar refractivity (Wildman–Crippen MR) is 76.1 cm³/mol. The molecule has 18 heavy (non-hydrogen) atoms. The summed E-state index contributed by atoms with van der Waals surface area (Å²) in [4.78, 5) is 11.3. The lowest BCUT2D eigenvalue weighted by Gasteiger charge is -2.30. The molecule has 1 aliphatic heterocycles. The summed E-state index contributed by atoms with van der Waals surface area (Å²) in [6, 6.07) is 0.619. The Morgan fingerprint density at radius 1 is 1.44 bits per heavy atom. The molecule has 0 amide bonds. The third-order valence-electron chi connectivity index (χ3n) is 3.74. The van der Waals surface area contributed by atoms with Gasteiger partial charge in [0.15, 0.2) is 0 Å². The minimum atomic E-state index is 0.619. The van der Waals surface area contributed by atoms with E-state index in [2.05, 4.69) is 47.9 Å². The highest BCUT2D eigenvalue weighted by molar-refractivity contribution is 5.58. The molecule has 1 aliphatic rings. The van der Waals surface area contributed by atoms with Crippen molar-refractivity contribution in [2.45, 2.75) is 46.6 Å². The maximum absolute atomic E-state index is 4.51. The molecule has 1 aromatic heterocycles. The molecule has 100 valence electrons. The first-order valence-corrected chi connectivity index (χ1v) is 6.97. The van der Waals surface area contributed by atoms with Crippen molar-refractivity contribution in [3.63, 3.8) is 0 Å². The number of rotatable bonds is 4. The molecule has 0 saturated carbocycles. The van der Waals surface area contributed by atoms with Crippen LogP contribution in [0.15, 0.2) is 6.33 Å². The fourth-order valence-corrected chi connectivity index (χ4v) is 2.82. The summed E-state index contributed by atoms with van der Waals surface area (Å²) >= 11 is 0. The summed E-state index contributed by atoms with van der Waals surface area (Å²) in [7, 11) is 0. The van der Waals surface area contributed by atoms with Crippen molar-refractivity contribution in [1.29, 1.82) is 0 Å². The van der Waals surface area contributed by atoms with Gasteiger partial charge in [-0.3, -0.25) is 0 Å². The summed E-state index contributed by atoms with van der Waals surface area (Å²) in [6.45, 7) is 10.8. The van der Waals surface area contributed by atoms with Gasteiger partial charge in [0, 0.05) is 24.7 Å². The van der Waals surface area contributed by atoms with Crippen LogP contribution in [-0.2, 0) is 0 Å². The van der Waals surface area contributed by atoms with E-state index in [0.29, 0.717) is 12.0 Å². The first kappa shape index (κ1) is 13.1. The van der Waals surface area contributed by atoms with Crippen molar-refractivity contribution in [2.75, 3.05) is 23.3 Å². The van der Waals surface area contributed by atoms with Gasteiger partial charge in [0.1, 0.15) is 18.0 Å². The van der Waals surface area contributed by atoms with Gasteiger partial charge in [-0.05, 0) is 32.6 Å². The molecule has 0 bridgehead atoms. The summed E-state index contributed by atoms with van der Waals surface area (Å²) in [6.07, 6.45) is 4.22. The minimum absolute atomic E-state index is 0.619. The quantitative estimate of drug-likeness (QED) is 0.889. The van der Waals surface area contributed by atoms with Gasteiger partial charge in [-0.25, -0.2) is 9.97 Å². The van der Waals surface area contributed by atoms with Crippen LogP contribution in [0.2, 0.25) is 0 Å². The Bertz CT molecular complexity index is 403. The predicted octanol–water partition coefficient (Wildman–Crippen LogP) is 2.84. The molecular weight excluding hydrogens is 224 g/mol. The number of nitrogens with one attached hydrogen (secondary N) is 1. The lowest BCUT2D eigenvalue weighted by Crippen LogP contribution is -2.34. The van der Waals surface area contributed by atoms with Crippen LogP contribution in [0.1, 0.15) is 39.2 Å². The van der Waals surface area contributed by atoms with Crippen LogP contribution in [0.25, 0.3) is 0 Å². The number of hydrogen-bond donors (Lipinski definition) is 1. The fourth-order valence-electron chi connectivity index (χ4n) is 2.82. The number of aromatic nitrogens is 2. The van der Waals surface area contributed by atoms with Gasteiger partial charge in [-0.2, -0.15) is 0 Å². The molecule has 1 fully saturated rings. The second kappa shape index (κ2) is 5.55. The van der Waals surface area contributed by atoms with Crippen LogP contribution >= 0.6 is 0 Å². The first-order valence-electron chi connectivity index (χ1n) is 6.97. The van der Waals surface area contributed by atoms with E-state index in [1.165, 1.54) is 18.4 Å². The smallest absolute Gasteiger partial charge is 0.137 e. The molecule has 2 rings (SSSR count). The number of nitrogens with zero attached hydrogens (tertiary/aromatic N) is 3. The molecular formula is C14H24N4. The maximum Gasteiger partial charge on any atom is 0.137 e. The van der Waals surface area contributed by atoms with E-state index in [-0.39, 0.29) is 0 Å². The third-order valence-corrected chi connectivity index (χ3v) is 3.74. The highest BCUT2D eigenvalue weighted by Gasteiger charge is 2.29. The summed E-state index contributed by atoms with van der Waals surface area (Å²) in [5, 5.41) is 3.31. The van der Waals surface area contributed by atoms with Gasteiger partial charge in [-0.1, -0.05) is 13.8 Å². The molecule has 0 radical (unpaired) electrons. The summed E-state index contributed by atoms with van der Waals surface area (Å²) in [5.41, 5.74) is 1.17.